The zero-order valence-electron chi connectivity index (χ0n) is 18.3. The monoisotopic (exact) mass is 482 g/mol. The zero-order valence-corrected chi connectivity index (χ0v) is 19.9. The van der Waals surface area contributed by atoms with Gasteiger partial charge in [-0.05, 0) is 72.5 Å². The van der Waals surface area contributed by atoms with Crippen molar-refractivity contribution in [2.75, 3.05) is 6.54 Å². The third kappa shape index (κ3) is 5.27. The fourth-order valence-electron chi connectivity index (χ4n) is 3.57. The molecule has 0 aliphatic rings. The molecular weight excluding hydrogens is 460 g/mol. The van der Waals surface area contributed by atoms with E-state index in [1.165, 1.54) is 4.88 Å². The van der Waals surface area contributed by atoms with Crippen LogP contribution in [0.25, 0.3) is 23.1 Å². The number of amides is 1. The Morgan fingerprint density at radius 3 is 2.79 bits per heavy atom. The molecule has 7 heteroatoms. The van der Waals surface area contributed by atoms with E-state index in [2.05, 4.69) is 50.1 Å². The van der Waals surface area contributed by atoms with Gasteiger partial charge in [-0.1, -0.05) is 36.0 Å². The van der Waals surface area contributed by atoms with Crippen LogP contribution in [0.15, 0.2) is 94.2 Å². The number of nitrogens with one attached hydrogen (secondary N) is 2. The summed E-state index contributed by atoms with van der Waals surface area (Å²) in [6.45, 7) is 0.618. The molecule has 0 spiro atoms. The Bertz CT molecular complexity index is 1430. The van der Waals surface area contributed by atoms with Gasteiger partial charge in [0, 0.05) is 32.8 Å². The van der Waals surface area contributed by atoms with Crippen molar-refractivity contribution in [2.45, 2.75) is 16.2 Å². The Hall–Kier alpha value is -3.68. The van der Waals surface area contributed by atoms with Crippen LogP contribution in [0.1, 0.15) is 26.6 Å². The van der Waals surface area contributed by atoms with E-state index >= 15 is 0 Å². The molecular formula is C27H22N4OS2. The quantitative estimate of drug-likeness (QED) is 0.272. The van der Waals surface area contributed by atoms with Crippen LogP contribution in [0.2, 0.25) is 0 Å². The number of carbonyl (C=O) groups excluding carboxylic acids is 1. The van der Waals surface area contributed by atoms with E-state index in [0.717, 1.165) is 38.5 Å². The van der Waals surface area contributed by atoms with Crippen molar-refractivity contribution in [1.29, 1.82) is 0 Å². The summed E-state index contributed by atoms with van der Waals surface area (Å²) >= 11 is 3.28. The fraction of sp³-hybridized carbons (Fsp3) is 0.0741. The Morgan fingerprint density at radius 1 is 1.03 bits per heavy atom. The molecule has 5 aromatic rings. The first-order valence-corrected chi connectivity index (χ1v) is 12.6. The molecule has 1 amide bonds. The van der Waals surface area contributed by atoms with Crippen LogP contribution in [0.4, 0.5) is 0 Å². The van der Waals surface area contributed by atoms with Crippen molar-refractivity contribution in [3.05, 3.63) is 106 Å². The van der Waals surface area contributed by atoms with Gasteiger partial charge in [0.05, 0.1) is 22.5 Å². The van der Waals surface area contributed by atoms with Gasteiger partial charge < -0.3 is 5.32 Å². The highest BCUT2D eigenvalue weighted by atomic mass is 32.2. The maximum Gasteiger partial charge on any atom is 0.252 e. The summed E-state index contributed by atoms with van der Waals surface area (Å²) < 4.78 is 0. The largest absolute Gasteiger partial charge is 0.352 e. The minimum atomic E-state index is -0.0516. The van der Waals surface area contributed by atoms with Crippen LogP contribution in [0.5, 0.6) is 0 Å². The summed E-state index contributed by atoms with van der Waals surface area (Å²) in [4.78, 5) is 20.4. The average Bonchev–Trinajstić information content (AvgIpc) is 3.53. The molecule has 0 aliphatic heterocycles. The molecule has 0 atom stereocenters. The van der Waals surface area contributed by atoms with Crippen LogP contribution in [0.3, 0.4) is 0 Å². The van der Waals surface area contributed by atoms with Gasteiger partial charge in [0.15, 0.2) is 0 Å². The van der Waals surface area contributed by atoms with Gasteiger partial charge in [0.1, 0.15) is 0 Å². The summed E-state index contributed by atoms with van der Waals surface area (Å²) in [7, 11) is 0. The number of aromatic amines is 1. The summed E-state index contributed by atoms with van der Waals surface area (Å²) in [6.07, 6.45) is 6.52. The van der Waals surface area contributed by atoms with Crippen molar-refractivity contribution >= 4 is 52.1 Å². The molecule has 3 heterocycles. The maximum absolute atomic E-state index is 12.8. The molecule has 168 valence electrons. The van der Waals surface area contributed by atoms with Gasteiger partial charge in [0.25, 0.3) is 5.91 Å². The Balaban J connectivity index is 1.29. The highest BCUT2D eigenvalue weighted by Gasteiger charge is 2.13. The van der Waals surface area contributed by atoms with E-state index in [1.807, 2.05) is 60.7 Å². The lowest BCUT2D eigenvalue weighted by atomic mass is 10.2. The number of benzene rings is 2. The van der Waals surface area contributed by atoms with E-state index in [0.29, 0.717) is 12.1 Å². The highest BCUT2D eigenvalue weighted by Crippen LogP contribution is 2.33. The molecule has 3 aromatic heterocycles. The van der Waals surface area contributed by atoms with Gasteiger partial charge >= 0.3 is 0 Å². The maximum atomic E-state index is 12.8. The van der Waals surface area contributed by atoms with Gasteiger partial charge in [-0.2, -0.15) is 5.10 Å². The molecule has 5 rings (SSSR count). The van der Waals surface area contributed by atoms with Crippen molar-refractivity contribution in [3.63, 3.8) is 0 Å². The molecule has 0 unspecified atom stereocenters. The predicted molar refractivity (Wildman–Crippen MR) is 140 cm³/mol. The summed E-state index contributed by atoms with van der Waals surface area (Å²) in [6, 6.07) is 23.8. The van der Waals surface area contributed by atoms with Crippen LogP contribution in [-0.4, -0.2) is 27.6 Å². The molecule has 2 aromatic carbocycles. The van der Waals surface area contributed by atoms with Gasteiger partial charge in [-0.15, -0.1) is 11.3 Å². The first-order chi connectivity index (χ1) is 16.8. The van der Waals surface area contributed by atoms with E-state index < -0.39 is 0 Å². The SMILES string of the molecule is O=C(NCCc1cccs1)c1ccccc1Sc1ccc2c(/C=C/c3ccccn3)n[nH]c2c1. The Kier molecular flexibility index (Phi) is 6.84. The molecule has 2 N–H and O–H groups in total. The smallest absolute Gasteiger partial charge is 0.252 e. The normalized spacial score (nSPS) is 11.3. The summed E-state index contributed by atoms with van der Waals surface area (Å²) in [5.41, 5.74) is 3.38. The number of fused-ring (bicyclic) bond motifs is 1. The molecule has 34 heavy (non-hydrogen) atoms. The van der Waals surface area contributed by atoms with Crippen molar-refractivity contribution < 1.29 is 4.79 Å². The molecule has 0 fully saturated rings. The second-order valence-electron chi connectivity index (χ2n) is 7.59. The lowest BCUT2D eigenvalue weighted by Gasteiger charge is -2.10. The Labute approximate surface area is 206 Å². The number of hydrogen-bond donors (Lipinski definition) is 2. The number of rotatable bonds is 8. The van der Waals surface area contributed by atoms with E-state index in [-0.39, 0.29) is 5.91 Å². The number of nitrogens with zero attached hydrogens (tertiary/aromatic N) is 2. The average molecular weight is 483 g/mol. The first-order valence-electron chi connectivity index (χ1n) is 10.9. The lowest BCUT2D eigenvalue weighted by molar-refractivity contribution is 0.0951. The fourth-order valence-corrected chi connectivity index (χ4v) is 5.26. The number of pyridine rings is 1. The van der Waals surface area contributed by atoms with Crippen molar-refractivity contribution in [3.8, 4) is 0 Å². The van der Waals surface area contributed by atoms with Crippen LogP contribution in [-0.2, 0) is 6.42 Å². The van der Waals surface area contributed by atoms with Crippen molar-refractivity contribution in [2.24, 2.45) is 0 Å². The molecule has 5 nitrogen and oxygen atoms in total. The number of hydrogen-bond acceptors (Lipinski definition) is 5. The highest BCUT2D eigenvalue weighted by molar-refractivity contribution is 7.99. The number of H-pyrrole nitrogens is 1. The second kappa shape index (κ2) is 10.5. The van der Waals surface area contributed by atoms with Crippen LogP contribution < -0.4 is 5.32 Å². The van der Waals surface area contributed by atoms with Crippen molar-refractivity contribution in [1.82, 2.24) is 20.5 Å². The first kappa shape index (κ1) is 22.1. The lowest BCUT2D eigenvalue weighted by Crippen LogP contribution is -2.26. The third-order valence-electron chi connectivity index (χ3n) is 5.26. The topological polar surface area (TPSA) is 70.7 Å². The number of carbonyl (C=O) groups is 1. The second-order valence-corrected chi connectivity index (χ2v) is 9.74. The minimum absolute atomic E-state index is 0.0516. The summed E-state index contributed by atoms with van der Waals surface area (Å²) in [5.74, 6) is -0.0516. The van der Waals surface area contributed by atoms with Crippen LogP contribution in [0, 0.1) is 0 Å². The van der Waals surface area contributed by atoms with Gasteiger partial charge in [0.2, 0.25) is 0 Å². The van der Waals surface area contributed by atoms with Gasteiger partial charge in [-0.3, -0.25) is 14.9 Å². The summed E-state index contributed by atoms with van der Waals surface area (Å²) in [5, 5.41) is 13.7. The standard InChI is InChI=1S/C27H22N4OS2/c32-27(29-16-14-20-7-5-17-33-20)23-8-1-2-9-26(23)34-21-11-12-22-24(30-31-25(22)18-21)13-10-19-6-3-4-15-28-19/h1-13,15,17-18H,14,16H2,(H,29,32)(H,30,31)/b13-10+. The Morgan fingerprint density at radius 2 is 1.94 bits per heavy atom. The minimum Gasteiger partial charge on any atom is -0.352 e. The number of aromatic nitrogens is 3. The van der Waals surface area contributed by atoms with Crippen LogP contribution >= 0.6 is 23.1 Å². The third-order valence-corrected chi connectivity index (χ3v) is 7.26. The molecule has 0 bridgehead atoms. The molecule has 0 aliphatic carbocycles. The number of thiophene rings is 1. The zero-order chi connectivity index (χ0) is 23.2. The van der Waals surface area contributed by atoms with Gasteiger partial charge in [-0.25, -0.2) is 0 Å². The van der Waals surface area contributed by atoms with E-state index in [4.69, 9.17) is 0 Å². The molecule has 0 saturated carbocycles. The van der Waals surface area contributed by atoms with E-state index in [9.17, 15) is 4.79 Å². The molecule has 0 saturated heterocycles. The predicted octanol–water partition coefficient (Wildman–Crippen LogP) is 6.31. The molecule has 0 radical (unpaired) electrons. The van der Waals surface area contributed by atoms with E-state index in [1.54, 1.807) is 29.3 Å².